The standard InChI is InChI=1S/C6H13F3O7Si/c1-10-14-17(15-11-2,16-12-3)13-5-4-6(7,8)9/h4-5H2,1-3H3. The van der Waals surface area contributed by atoms with Gasteiger partial charge in [0.2, 0.25) is 0 Å². The van der Waals surface area contributed by atoms with Crippen LogP contribution in [0, 0.1) is 0 Å². The average Bonchev–Trinajstić information content (AvgIpc) is 2.16. The first kappa shape index (κ1) is 16.7. The molecular weight excluding hydrogens is 269 g/mol. The lowest BCUT2D eigenvalue weighted by Gasteiger charge is -2.22. The van der Waals surface area contributed by atoms with Crippen molar-refractivity contribution in [2.45, 2.75) is 12.6 Å². The molecule has 0 radical (unpaired) electrons. The minimum Gasteiger partial charge on any atom is -0.347 e. The summed E-state index contributed by atoms with van der Waals surface area (Å²) >= 11 is 0. The van der Waals surface area contributed by atoms with E-state index in [1.54, 1.807) is 0 Å². The molecule has 11 heteroatoms. The van der Waals surface area contributed by atoms with Gasteiger partial charge in [0, 0.05) is 6.61 Å². The van der Waals surface area contributed by atoms with E-state index in [2.05, 4.69) is 28.4 Å². The fraction of sp³-hybridized carbons (Fsp3) is 1.00. The van der Waals surface area contributed by atoms with Crippen LogP contribution < -0.4 is 0 Å². The number of rotatable bonds is 9. The van der Waals surface area contributed by atoms with Crippen molar-refractivity contribution in [3.05, 3.63) is 0 Å². The summed E-state index contributed by atoms with van der Waals surface area (Å²) in [7, 11) is -0.791. The lowest BCUT2D eigenvalue weighted by atomic mass is 10.5. The van der Waals surface area contributed by atoms with E-state index in [4.69, 9.17) is 4.43 Å². The topological polar surface area (TPSA) is 64.6 Å². The summed E-state index contributed by atoms with van der Waals surface area (Å²) < 4.78 is 53.9. The predicted octanol–water partition coefficient (Wildman–Crippen LogP) is 1.12. The SMILES string of the molecule is COO[Si](OCCC(F)(F)F)(OOC)OOC. The molecule has 0 aliphatic heterocycles. The van der Waals surface area contributed by atoms with Crippen molar-refractivity contribution in [2.24, 2.45) is 0 Å². The van der Waals surface area contributed by atoms with E-state index in [-0.39, 0.29) is 0 Å². The molecule has 0 aliphatic carbocycles. The van der Waals surface area contributed by atoms with Crippen LogP contribution in [-0.2, 0) is 32.8 Å². The molecule has 104 valence electrons. The molecule has 17 heavy (non-hydrogen) atoms. The van der Waals surface area contributed by atoms with E-state index < -0.39 is 28.3 Å². The summed E-state index contributed by atoms with van der Waals surface area (Å²) in [5.41, 5.74) is 0. The molecule has 0 unspecified atom stereocenters. The fourth-order valence-electron chi connectivity index (χ4n) is 0.712. The summed E-state index contributed by atoms with van der Waals surface area (Å²) in [5, 5.41) is 0. The van der Waals surface area contributed by atoms with Gasteiger partial charge in [-0.15, -0.1) is 0 Å². The third kappa shape index (κ3) is 7.61. The van der Waals surface area contributed by atoms with Gasteiger partial charge in [0.05, 0.1) is 27.8 Å². The maximum atomic E-state index is 11.9. The van der Waals surface area contributed by atoms with Crippen molar-refractivity contribution < 1.29 is 46.0 Å². The van der Waals surface area contributed by atoms with Gasteiger partial charge in [-0.3, -0.25) is 0 Å². The van der Waals surface area contributed by atoms with Crippen molar-refractivity contribution in [3.63, 3.8) is 0 Å². The van der Waals surface area contributed by atoms with Gasteiger partial charge < -0.3 is 4.43 Å². The van der Waals surface area contributed by atoms with Crippen molar-refractivity contribution in [2.75, 3.05) is 27.9 Å². The summed E-state index contributed by atoms with van der Waals surface area (Å²) in [4.78, 5) is 12.7. The highest BCUT2D eigenvalue weighted by atomic mass is 28.4. The zero-order valence-corrected chi connectivity index (χ0v) is 10.4. The Bertz CT molecular complexity index is 186. The fourth-order valence-corrected chi connectivity index (χ4v) is 1.90. The first-order valence-corrected chi connectivity index (χ1v) is 5.88. The summed E-state index contributed by atoms with van der Waals surface area (Å²) in [6.45, 7) is -0.758. The number of hydrogen-bond donors (Lipinski definition) is 0. The molecule has 0 saturated carbocycles. The molecule has 0 aromatic rings. The quantitative estimate of drug-likeness (QED) is 0.357. The molecule has 0 atom stereocenters. The Kier molecular flexibility index (Phi) is 7.81. The van der Waals surface area contributed by atoms with Crippen molar-refractivity contribution in [1.29, 1.82) is 0 Å². The van der Waals surface area contributed by atoms with Crippen molar-refractivity contribution in [3.8, 4) is 0 Å². The Labute approximate surface area is 96.5 Å². The first-order chi connectivity index (χ1) is 7.89. The van der Waals surface area contributed by atoms with E-state index in [0.717, 1.165) is 21.3 Å². The van der Waals surface area contributed by atoms with Gasteiger partial charge in [0.25, 0.3) is 0 Å². The predicted molar refractivity (Wildman–Crippen MR) is 46.7 cm³/mol. The maximum Gasteiger partial charge on any atom is 0.764 e. The van der Waals surface area contributed by atoms with Gasteiger partial charge in [-0.05, 0) is 0 Å². The van der Waals surface area contributed by atoms with Gasteiger partial charge >= 0.3 is 15.2 Å². The second-order valence-corrected chi connectivity index (χ2v) is 4.25. The lowest BCUT2D eigenvalue weighted by Crippen LogP contribution is -2.49. The van der Waals surface area contributed by atoms with Crippen molar-refractivity contribution >= 4 is 9.05 Å². The molecule has 0 spiro atoms. The highest BCUT2D eigenvalue weighted by Crippen LogP contribution is 2.21. The number of alkyl halides is 3. The van der Waals surface area contributed by atoms with Crippen LogP contribution in [-0.4, -0.2) is 43.2 Å². The molecule has 0 aromatic carbocycles. The Morgan fingerprint density at radius 2 is 1.29 bits per heavy atom. The van der Waals surface area contributed by atoms with Crippen LogP contribution in [0.5, 0.6) is 0 Å². The van der Waals surface area contributed by atoms with Crippen LogP contribution in [0.3, 0.4) is 0 Å². The number of halogens is 3. The highest BCUT2D eigenvalue weighted by Gasteiger charge is 2.52. The normalized spacial score (nSPS) is 13.1. The van der Waals surface area contributed by atoms with Gasteiger partial charge in [-0.2, -0.15) is 26.9 Å². The lowest BCUT2D eigenvalue weighted by molar-refractivity contribution is -0.371. The minimum absolute atomic E-state index is 0.758. The molecule has 0 rings (SSSR count). The monoisotopic (exact) mass is 282 g/mol. The first-order valence-electron chi connectivity index (χ1n) is 4.25. The molecule has 0 aromatic heterocycles. The Morgan fingerprint density at radius 3 is 1.59 bits per heavy atom. The van der Waals surface area contributed by atoms with Crippen LogP contribution in [0.25, 0.3) is 0 Å². The Morgan fingerprint density at radius 1 is 0.882 bits per heavy atom. The van der Waals surface area contributed by atoms with Gasteiger partial charge in [-0.1, -0.05) is 0 Å². The Balaban J connectivity index is 4.33. The molecule has 0 fully saturated rings. The smallest absolute Gasteiger partial charge is 0.347 e. The van der Waals surface area contributed by atoms with Crippen LogP contribution in [0.15, 0.2) is 0 Å². The molecular formula is C6H13F3O7Si. The molecule has 0 aliphatic rings. The molecule has 0 amide bonds. The molecule has 0 heterocycles. The van der Waals surface area contributed by atoms with E-state index >= 15 is 0 Å². The average molecular weight is 282 g/mol. The van der Waals surface area contributed by atoms with E-state index in [1.165, 1.54) is 0 Å². The summed E-state index contributed by atoms with van der Waals surface area (Å²) in [6, 6.07) is 0. The Hall–Kier alpha value is -0.273. The van der Waals surface area contributed by atoms with Gasteiger partial charge in [0.1, 0.15) is 0 Å². The molecule has 0 saturated heterocycles. The van der Waals surface area contributed by atoms with E-state index in [1.807, 2.05) is 0 Å². The summed E-state index contributed by atoms with van der Waals surface area (Å²) in [5.74, 6) is 0. The number of hydrogen-bond acceptors (Lipinski definition) is 7. The zero-order valence-electron chi connectivity index (χ0n) is 9.41. The highest BCUT2D eigenvalue weighted by molar-refractivity contribution is 6.52. The third-order valence-corrected chi connectivity index (χ3v) is 2.89. The largest absolute Gasteiger partial charge is 0.764 e. The van der Waals surface area contributed by atoms with Crippen LogP contribution >= 0.6 is 0 Å². The van der Waals surface area contributed by atoms with Crippen LogP contribution in [0.2, 0.25) is 0 Å². The minimum atomic E-state index is -4.38. The van der Waals surface area contributed by atoms with Crippen LogP contribution in [0.4, 0.5) is 13.2 Å². The molecule has 0 bridgehead atoms. The molecule has 0 N–H and O–H groups in total. The zero-order chi connectivity index (χ0) is 13.4. The van der Waals surface area contributed by atoms with Crippen LogP contribution in [0.1, 0.15) is 6.42 Å². The summed E-state index contributed by atoms with van der Waals surface area (Å²) in [6.07, 6.45) is -5.59. The second-order valence-electron chi connectivity index (χ2n) is 2.46. The van der Waals surface area contributed by atoms with E-state index in [9.17, 15) is 13.2 Å². The van der Waals surface area contributed by atoms with Gasteiger partial charge in [-0.25, -0.2) is 14.7 Å². The maximum absolute atomic E-state index is 11.9. The van der Waals surface area contributed by atoms with Crippen molar-refractivity contribution in [1.82, 2.24) is 0 Å². The third-order valence-electron chi connectivity index (χ3n) is 1.22. The molecule has 7 nitrogen and oxygen atoms in total. The van der Waals surface area contributed by atoms with E-state index in [0.29, 0.717) is 0 Å². The van der Waals surface area contributed by atoms with Gasteiger partial charge in [0.15, 0.2) is 0 Å². The second kappa shape index (κ2) is 7.94.